The van der Waals surface area contributed by atoms with Gasteiger partial charge in [0.25, 0.3) is 0 Å². The van der Waals surface area contributed by atoms with Gasteiger partial charge in [0.15, 0.2) is 5.96 Å². The second kappa shape index (κ2) is 13.3. The monoisotopic (exact) mass is 520 g/mol. The predicted octanol–water partition coefficient (Wildman–Crippen LogP) is 2.45. The van der Waals surface area contributed by atoms with Crippen molar-refractivity contribution in [2.45, 2.75) is 65.0 Å². The van der Waals surface area contributed by atoms with Crippen LogP contribution in [0.4, 0.5) is 0 Å². The van der Waals surface area contributed by atoms with Crippen LogP contribution in [-0.4, -0.2) is 98.2 Å². The Bertz CT molecular complexity index is 474. The molecule has 0 amide bonds. The number of aliphatic imine (C=N–C) groups is 1. The van der Waals surface area contributed by atoms with Crippen molar-refractivity contribution in [3.63, 3.8) is 0 Å². The average molecular weight is 521 g/mol. The summed E-state index contributed by atoms with van der Waals surface area (Å²) < 4.78 is 0. The topological polar surface area (TPSA) is 46.1 Å². The Labute approximate surface area is 196 Å². The van der Waals surface area contributed by atoms with Gasteiger partial charge in [0.05, 0.1) is 0 Å². The number of halogens is 1. The van der Waals surface area contributed by atoms with Crippen LogP contribution < -0.4 is 10.6 Å². The summed E-state index contributed by atoms with van der Waals surface area (Å²) in [6, 6.07) is 1.40. The van der Waals surface area contributed by atoms with E-state index in [0.717, 1.165) is 25.1 Å². The van der Waals surface area contributed by atoms with Gasteiger partial charge in [-0.25, -0.2) is 0 Å². The third-order valence-electron chi connectivity index (χ3n) is 6.79. The lowest BCUT2D eigenvalue weighted by Crippen LogP contribution is -2.48. The molecule has 2 saturated heterocycles. The molecule has 1 saturated carbocycles. The zero-order valence-corrected chi connectivity index (χ0v) is 21.4. The van der Waals surface area contributed by atoms with E-state index >= 15 is 0 Å². The van der Waals surface area contributed by atoms with E-state index in [2.05, 4.69) is 46.1 Å². The van der Waals surface area contributed by atoms with Gasteiger partial charge in [0, 0.05) is 71.0 Å². The summed E-state index contributed by atoms with van der Waals surface area (Å²) in [5.74, 6) is 1.62. The molecule has 2 heterocycles. The van der Waals surface area contributed by atoms with Gasteiger partial charge in [-0.2, -0.15) is 0 Å². The number of likely N-dealkylation sites (N-methyl/N-ethyl adjacent to an activating group) is 1. The Morgan fingerprint density at radius 3 is 2.34 bits per heavy atom. The summed E-state index contributed by atoms with van der Waals surface area (Å²) in [6.45, 7) is 18.2. The maximum atomic E-state index is 4.93. The van der Waals surface area contributed by atoms with Gasteiger partial charge in [0.1, 0.15) is 0 Å². The van der Waals surface area contributed by atoms with Crippen molar-refractivity contribution in [3.05, 3.63) is 0 Å². The summed E-state index contributed by atoms with van der Waals surface area (Å²) in [5.41, 5.74) is 0. The first-order valence-electron chi connectivity index (χ1n) is 11.9. The summed E-state index contributed by atoms with van der Waals surface area (Å²) >= 11 is 0. The molecule has 0 spiro atoms. The molecule has 0 bridgehead atoms. The van der Waals surface area contributed by atoms with Crippen molar-refractivity contribution >= 4 is 29.9 Å². The molecule has 2 atom stereocenters. The molecule has 6 nitrogen and oxygen atoms in total. The summed E-state index contributed by atoms with van der Waals surface area (Å²) in [6.07, 6.45) is 6.91. The van der Waals surface area contributed by atoms with E-state index in [1.807, 2.05) is 0 Å². The Balaban J connectivity index is 0.00000300. The highest BCUT2D eigenvalue weighted by Gasteiger charge is 2.30. The standard InChI is InChI=1S/C22H44N6.HI/c1-4-23-22(25-20-10-11-28(18-20)21-8-6-7-9-21)24-16-19(3)17-27-14-12-26(5-2)13-15-27;/h19-21H,4-18H2,1-3H3,(H2,23,24,25);1H. The third kappa shape index (κ3) is 8.15. The van der Waals surface area contributed by atoms with Gasteiger partial charge in [-0.3, -0.25) is 9.89 Å². The van der Waals surface area contributed by atoms with E-state index in [0.29, 0.717) is 12.0 Å². The zero-order valence-electron chi connectivity index (χ0n) is 19.0. The number of nitrogens with zero attached hydrogens (tertiary/aromatic N) is 4. The Morgan fingerprint density at radius 2 is 1.69 bits per heavy atom. The van der Waals surface area contributed by atoms with Gasteiger partial charge in [-0.05, 0) is 38.6 Å². The van der Waals surface area contributed by atoms with Gasteiger partial charge < -0.3 is 20.4 Å². The first-order chi connectivity index (χ1) is 13.7. The molecule has 0 radical (unpaired) electrons. The van der Waals surface area contributed by atoms with Crippen LogP contribution in [0.1, 0.15) is 52.9 Å². The van der Waals surface area contributed by atoms with Crippen molar-refractivity contribution in [1.29, 1.82) is 0 Å². The first kappa shape index (κ1) is 25.1. The molecule has 2 N–H and O–H groups in total. The van der Waals surface area contributed by atoms with Crippen molar-refractivity contribution in [2.75, 3.05) is 65.4 Å². The molecule has 2 unspecified atom stereocenters. The molecule has 170 valence electrons. The quantitative estimate of drug-likeness (QED) is 0.293. The first-order valence-corrected chi connectivity index (χ1v) is 11.9. The molecule has 29 heavy (non-hydrogen) atoms. The van der Waals surface area contributed by atoms with Crippen molar-refractivity contribution < 1.29 is 0 Å². The van der Waals surface area contributed by atoms with Gasteiger partial charge in [-0.15, -0.1) is 24.0 Å². The van der Waals surface area contributed by atoms with E-state index < -0.39 is 0 Å². The Kier molecular flexibility index (Phi) is 11.6. The third-order valence-corrected chi connectivity index (χ3v) is 6.79. The fourth-order valence-electron chi connectivity index (χ4n) is 5.05. The minimum absolute atomic E-state index is 0. The molecule has 0 aromatic rings. The van der Waals surface area contributed by atoms with E-state index in [1.54, 1.807) is 0 Å². The number of rotatable bonds is 8. The number of guanidine groups is 1. The normalized spacial score (nSPS) is 26.4. The van der Waals surface area contributed by atoms with Gasteiger partial charge >= 0.3 is 0 Å². The molecule has 3 fully saturated rings. The maximum absolute atomic E-state index is 4.93. The molecular weight excluding hydrogens is 475 g/mol. The number of piperazine rings is 1. The number of hydrogen-bond acceptors (Lipinski definition) is 4. The average Bonchev–Trinajstić information content (AvgIpc) is 3.39. The van der Waals surface area contributed by atoms with E-state index in [4.69, 9.17) is 4.99 Å². The van der Waals surface area contributed by atoms with E-state index in [-0.39, 0.29) is 24.0 Å². The molecule has 3 rings (SSSR count). The fourth-order valence-corrected chi connectivity index (χ4v) is 5.05. The maximum Gasteiger partial charge on any atom is 0.191 e. The van der Waals surface area contributed by atoms with Gasteiger partial charge in [0.2, 0.25) is 0 Å². The molecular formula is C22H45IN6. The lowest BCUT2D eigenvalue weighted by Gasteiger charge is -2.35. The highest BCUT2D eigenvalue weighted by molar-refractivity contribution is 14.0. The van der Waals surface area contributed by atoms with Crippen LogP contribution in [0.3, 0.4) is 0 Å². The highest BCUT2D eigenvalue weighted by Crippen LogP contribution is 2.26. The van der Waals surface area contributed by atoms with Crippen molar-refractivity contribution in [3.8, 4) is 0 Å². The molecule has 3 aliphatic rings. The van der Waals surface area contributed by atoms with E-state index in [9.17, 15) is 0 Å². The number of nitrogens with one attached hydrogen (secondary N) is 2. The van der Waals surface area contributed by atoms with Crippen LogP contribution in [0.25, 0.3) is 0 Å². The van der Waals surface area contributed by atoms with Crippen LogP contribution in [0.5, 0.6) is 0 Å². The Hall–Kier alpha value is -0.120. The molecule has 0 aromatic heterocycles. The fraction of sp³-hybridized carbons (Fsp3) is 0.955. The van der Waals surface area contributed by atoms with Gasteiger partial charge in [-0.1, -0.05) is 26.7 Å². The Morgan fingerprint density at radius 1 is 1.00 bits per heavy atom. The highest BCUT2D eigenvalue weighted by atomic mass is 127. The van der Waals surface area contributed by atoms with Crippen molar-refractivity contribution in [2.24, 2.45) is 10.9 Å². The van der Waals surface area contributed by atoms with E-state index in [1.165, 1.54) is 84.5 Å². The summed E-state index contributed by atoms with van der Waals surface area (Å²) in [7, 11) is 0. The second-order valence-corrected chi connectivity index (χ2v) is 9.12. The lowest BCUT2D eigenvalue weighted by molar-refractivity contribution is 0.125. The summed E-state index contributed by atoms with van der Waals surface area (Å²) in [4.78, 5) is 12.8. The van der Waals surface area contributed by atoms with Crippen LogP contribution in [0.2, 0.25) is 0 Å². The predicted molar refractivity (Wildman–Crippen MR) is 134 cm³/mol. The molecule has 1 aliphatic carbocycles. The zero-order chi connectivity index (χ0) is 19.8. The smallest absolute Gasteiger partial charge is 0.191 e. The molecule has 0 aromatic carbocycles. The summed E-state index contributed by atoms with van der Waals surface area (Å²) in [5, 5.41) is 7.19. The van der Waals surface area contributed by atoms with Crippen LogP contribution in [-0.2, 0) is 0 Å². The van der Waals surface area contributed by atoms with Crippen molar-refractivity contribution in [1.82, 2.24) is 25.3 Å². The lowest BCUT2D eigenvalue weighted by atomic mass is 10.1. The van der Waals surface area contributed by atoms with Crippen LogP contribution in [0.15, 0.2) is 4.99 Å². The number of likely N-dealkylation sites (tertiary alicyclic amines) is 1. The minimum atomic E-state index is 0. The largest absolute Gasteiger partial charge is 0.357 e. The number of hydrogen-bond donors (Lipinski definition) is 2. The minimum Gasteiger partial charge on any atom is -0.357 e. The van der Waals surface area contributed by atoms with Crippen LogP contribution in [0, 0.1) is 5.92 Å². The van der Waals surface area contributed by atoms with Crippen LogP contribution >= 0.6 is 24.0 Å². The second-order valence-electron chi connectivity index (χ2n) is 9.12. The molecule has 2 aliphatic heterocycles. The molecule has 7 heteroatoms. The SMILES string of the molecule is CCNC(=NCC(C)CN1CCN(CC)CC1)NC1CCN(C2CCCC2)C1.I.